The van der Waals surface area contributed by atoms with E-state index < -0.39 is 0 Å². The van der Waals surface area contributed by atoms with E-state index in [0.29, 0.717) is 49.7 Å². The van der Waals surface area contributed by atoms with Gasteiger partial charge in [-0.2, -0.15) is 0 Å². The number of nitrogens with zero attached hydrogens (tertiary/aromatic N) is 1. The van der Waals surface area contributed by atoms with Crippen LogP contribution in [-0.4, -0.2) is 44.8 Å². The fourth-order valence-corrected chi connectivity index (χ4v) is 3.45. The molecule has 1 saturated heterocycles. The molecule has 0 unspecified atom stereocenters. The summed E-state index contributed by atoms with van der Waals surface area (Å²) in [5.41, 5.74) is 3.58. The van der Waals surface area contributed by atoms with Gasteiger partial charge in [-0.05, 0) is 47.7 Å². The molecule has 6 heteroatoms. The largest absolute Gasteiger partial charge is 0.462 e. The van der Waals surface area contributed by atoms with Crippen molar-refractivity contribution in [3.8, 4) is 0 Å². The van der Waals surface area contributed by atoms with Gasteiger partial charge in [-0.15, -0.1) is 0 Å². The van der Waals surface area contributed by atoms with Crippen LogP contribution < -0.4 is 10.2 Å². The highest BCUT2D eigenvalue weighted by molar-refractivity contribution is 6.05. The summed E-state index contributed by atoms with van der Waals surface area (Å²) in [5, 5.41) is 2.91. The Morgan fingerprint density at radius 3 is 2.35 bits per heavy atom. The molecule has 1 N–H and O–H groups in total. The number of morpholine rings is 1. The molecule has 1 amide bonds. The smallest absolute Gasteiger partial charge is 0.340 e. The van der Waals surface area contributed by atoms with Crippen LogP contribution in [-0.2, 0) is 14.9 Å². The predicted molar refractivity (Wildman–Crippen MR) is 123 cm³/mol. The standard InChI is InChI=1S/C25H32N2O4/c1-5-14-31-24(29)21-17-20(10-11-22(21)27-12-15-30-16-13-27)26-23(28)18-6-8-19(9-7-18)25(2,3)4/h6-11,17H,5,12-16H2,1-4H3,(H,26,28). The summed E-state index contributed by atoms with van der Waals surface area (Å²) in [6.07, 6.45) is 0.750. The topological polar surface area (TPSA) is 67.9 Å². The molecule has 0 aromatic heterocycles. The molecule has 0 bridgehead atoms. The summed E-state index contributed by atoms with van der Waals surface area (Å²) < 4.78 is 10.8. The molecule has 2 aromatic carbocycles. The first-order valence-electron chi connectivity index (χ1n) is 10.9. The second-order valence-corrected chi connectivity index (χ2v) is 8.75. The Hall–Kier alpha value is -2.86. The zero-order valence-electron chi connectivity index (χ0n) is 18.9. The third-order valence-corrected chi connectivity index (χ3v) is 5.28. The number of carbonyl (C=O) groups is 2. The van der Waals surface area contributed by atoms with Crippen LogP contribution in [0.4, 0.5) is 11.4 Å². The molecule has 2 aromatic rings. The quantitative estimate of drug-likeness (QED) is 0.684. The van der Waals surface area contributed by atoms with Crippen molar-refractivity contribution in [2.45, 2.75) is 39.5 Å². The lowest BCUT2D eigenvalue weighted by molar-refractivity contribution is 0.0504. The van der Waals surface area contributed by atoms with Crippen LogP contribution in [0.1, 0.15) is 60.4 Å². The molecular weight excluding hydrogens is 392 g/mol. The molecule has 3 rings (SSSR count). The molecule has 1 aliphatic heterocycles. The average Bonchev–Trinajstić information content (AvgIpc) is 2.77. The second kappa shape index (κ2) is 9.96. The van der Waals surface area contributed by atoms with Gasteiger partial charge in [0.1, 0.15) is 0 Å². The number of carbonyl (C=O) groups excluding carboxylic acids is 2. The molecule has 166 valence electrons. The highest BCUT2D eigenvalue weighted by Crippen LogP contribution is 2.27. The van der Waals surface area contributed by atoms with Gasteiger partial charge in [0.15, 0.2) is 0 Å². The number of anilines is 2. The van der Waals surface area contributed by atoms with E-state index in [-0.39, 0.29) is 17.3 Å². The summed E-state index contributed by atoms with van der Waals surface area (Å²) in [5.74, 6) is -0.596. The number of benzene rings is 2. The van der Waals surface area contributed by atoms with Crippen molar-refractivity contribution in [3.05, 3.63) is 59.2 Å². The van der Waals surface area contributed by atoms with Crippen molar-refractivity contribution in [1.29, 1.82) is 0 Å². The maximum atomic E-state index is 12.8. The fourth-order valence-electron chi connectivity index (χ4n) is 3.45. The number of hydrogen-bond donors (Lipinski definition) is 1. The Labute approximate surface area is 184 Å². The number of ether oxygens (including phenoxy) is 2. The summed E-state index contributed by atoms with van der Waals surface area (Å²) >= 11 is 0. The van der Waals surface area contributed by atoms with E-state index in [1.54, 1.807) is 6.07 Å². The highest BCUT2D eigenvalue weighted by atomic mass is 16.5. The number of esters is 1. The zero-order valence-corrected chi connectivity index (χ0v) is 18.9. The summed E-state index contributed by atoms with van der Waals surface area (Å²) in [7, 11) is 0. The van der Waals surface area contributed by atoms with E-state index in [0.717, 1.165) is 12.1 Å². The molecule has 0 spiro atoms. The lowest BCUT2D eigenvalue weighted by Crippen LogP contribution is -2.37. The van der Waals surface area contributed by atoms with Crippen molar-refractivity contribution >= 4 is 23.3 Å². The van der Waals surface area contributed by atoms with Crippen molar-refractivity contribution in [1.82, 2.24) is 0 Å². The Morgan fingerprint density at radius 2 is 1.74 bits per heavy atom. The average molecular weight is 425 g/mol. The molecule has 1 heterocycles. The minimum Gasteiger partial charge on any atom is -0.462 e. The van der Waals surface area contributed by atoms with Crippen LogP contribution >= 0.6 is 0 Å². The number of amides is 1. The number of rotatable bonds is 6. The van der Waals surface area contributed by atoms with Gasteiger partial charge in [-0.3, -0.25) is 4.79 Å². The predicted octanol–water partition coefficient (Wildman–Crippen LogP) is 4.64. The van der Waals surface area contributed by atoms with E-state index in [1.165, 1.54) is 5.56 Å². The molecule has 0 atom stereocenters. The Balaban J connectivity index is 1.82. The van der Waals surface area contributed by atoms with E-state index in [9.17, 15) is 9.59 Å². The van der Waals surface area contributed by atoms with Gasteiger partial charge >= 0.3 is 5.97 Å². The van der Waals surface area contributed by atoms with Crippen molar-refractivity contribution in [2.24, 2.45) is 0 Å². The van der Waals surface area contributed by atoms with Gasteiger partial charge in [0, 0.05) is 24.3 Å². The molecule has 6 nitrogen and oxygen atoms in total. The molecule has 31 heavy (non-hydrogen) atoms. The summed E-state index contributed by atoms with van der Waals surface area (Å²) in [6, 6.07) is 13.0. The van der Waals surface area contributed by atoms with Crippen LogP contribution in [0.2, 0.25) is 0 Å². The highest BCUT2D eigenvalue weighted by Gasteiger charge is 2.21. The van der Waals surface area contributed by atoms with E-state index in [1.807, 2.05) is 43.3 Å². The van der Waals surface area contributed by atoms with Crippen LogP contribution in [0.3, 0.4) is 0 Å². The Kier molecular flexibility index (Phi) is 7.33. The number of hydrogen-bond acceptors (Lipinski definition) is 5. The third-order valence-electron chi connectivity index (χ3n) is 5.28. The molecule has 1 aliphatic rings. The zero-order chi connectivity index (χ0) is 22.4. The first-order chi connectivity index (χ1) is 14.8. The molecular formula is C25H32N2O4. The maximum Gasteiger partial charge on any atom is 0.340 e. The minimum atomic E-state index is -0.381. The van der Waals surface area contributed by atoms with Gasteiger partial charge in [0.25, 0.3) is 5.91 Å². The van der Waals surface area contributed by atoms with Crippen molar-refractivity contribution < 1.29 is 19.1 Å². The Morgan fingerprint density at radius 1 is 1.06 bits per heavy atom. The number of nitrogens with one attached hydrogen (secondary N) is 1. The molecule has 0 saturated carbocycles. The van der Waals surface area contributed by atoms with Gasteiger partial charge < -0.3 is 19.7 Å². The van der Waals surface area contributed by atoms with Crippen molar-refractivity contribution in [2.75, 3.05) is 43.1 Å². The van der Waals surface area contributed by atoms with Gasteiger partial charge in [-0.1, -0.05) is 39.8 Å². The third kappa shape index (κ3) is 5.85. The molecule has 0 aliphatic carbocycles. The maximum absolute atomic E-state index is 12.8. The molecule has 1 fully saturated rings. The van der Waals surface area contributed by atoms with Gasteiger partial charge in [0.2, 0.25) is 0 Å². The Bertz CT molecular complexity index is 910. The fraction of sp³-hybridized carbons (Fsp3) is 0.440. The normalized spacial score (nSPS) is 14.3. The van der Waals surface area contributed by atoms with Crippen LogP contribution in [0, 0.1) is 0 Å². The second-order valence-electron chi connectivity index (χ2n) is 8.75. The van der Waals surface area contributed by atoms with E-state index in [4.69, 9.17) is 9.47 Å². The van der Waals surface area contributed by atoms with Gasteiger partial charge in [0.05, 0.1) is 31.1 Å². The minimum absolute atomic E-state index is 0.0259. The molecule has 0 radical (unpaired) electrons. The lowest BCUT2D eigenvalue weighted by atomic mass is 9.87. The van der Waals surface area contributed by atoms with Crippen molar-refractivity contribution in [3.63, 3.8) is 0 Å². The lowest BCUT2D eigenvalue weighted by Gasteiger charge is -2.30. The van der Waals surface area contributed by atoms with E-state index >= 15 is 0 Å². The van der Waals surface area contributed by atoms with Gasteiger partial charge in [-0.25, -0.2) is 4.79 Å². The van der Waals surface area contributed by atoms with Crippen LogP contribution in [0.25, 0.3) is 0 Å². The summed E-state index contributed by atoms with van der Waals surface area (Å²) in [6.45, 7) is 11.4. The van der Waals surface area contributed by atoms with Crippen LogP contribution in [0.5, 0.6) is 0 Å². The van der Waals surface area contributed by atoms with E-state index in [2.05, 4.69) is 31.0 Å². The first-order valence-corrected chi connectivity index (χ1v) is 10.9. The summed E-state index contributed by atoms with van der Waals surface area (Å²) in [4.78, 5) is 27.6. The first kappa shape index (κ1) is 22.8. The monoisotopic (exact) mass is 424 g/mol. The van der Waals surface area contributed by atoms with Crippen LogP contribution in [0.15, 0.2) is 42.5 Å². The SMILES string of the molecule is CCCOC(=O)c1cc(NC(=O)c2ccc(C(C)(C)C)cc2)ccc1N1CCOCC1.